The summed E-state index contributed by atoms with van der Waals surface area (Å²) in [5, 5.41) is 8.68. The molecule has 1 rings (SSSR count). The van der Waals surface area contributed by atoms with E-state index >= 15 is 0 Å². The predicted molar refractivity (Wildman–Crippen MR) is 58.7 cm³/mol. The molecule has 0 saturated carbocycles. The van der Waals surface area contributed by atoms with E-state index in [2.05, 4.69) is 0 Å². The van der Waals surface area contributed by atoms with Crippen molar-refractivity contribution in [2.45, 2.75) is 13.8 Å². The van der Waals surface area contributed by atoms with Gasteiger partial charge in [0.15, 0.2) is 0 Å². The lowest BCUT2D eigenvalue weighted by molar-refractivity contribution is -0.114. The molecule has 0 radical (unpaired) electrons. The number of carbonyl (C=O) groups excluding carboxylic acids is 1. The molecule has 2 N–H and O–H groups in total. The number of nitriles is 1. The molecule has 15 heavy (non-hydrogen) atoms. The molecule has 76 valence electrons. The zero-order valence-corrected chi connectivity index (χ0v) is 8.74. The Kier molecular flexibility index (Phi) is 3.25. The van der Waals surface area contributed by atoms with Gasteiger partial charge in [-0.15, -0.1) is 0 Å². The van der Waals surface area contributed by atoms with Crippen LogP contribution in [0.1, 0.15) is 16.7 Å². The maximum Gasteiger partial charge on any atom is 0.259 e. The number of hydrogen-bond donors (Lipinski definition) is 1. The number of nitrogens with zero attached hydrogens (tertiary/aromatic N) is 1. The van der Waals surface area contributed by atoms with E-state index in [1.54, 1.807) is 6.07 Å². The van der Waals surface area contributed by atoms with Crippen molar-refractivity contribution in [2.24, 2.45) is 5.73 Å². The van der Waals surface area contributed by atoms with Crippen molar-refractivity contribution in [2.75, 3.05) is 0 Å². The Morgan fingerprint density at radius 3 is 2.60 bits per heavy atom. The van der Waals surface area contributed by atoms with Crippen LogP contribution in [0.25, 0.3) is 6.08 Å². The lowest BCUT2D eigenvalue weighted by Gasteiger charge is -2.01. The van der Waals surface area contributed by atoms with Crippen LogP contribution in [0, 0.1) is 25.2 Å². The van der Waals surface area contributed by atoms with Gasteiger partial charge in [0.25, 0.3) is 5.91 Å². The van der Waals surface area contributed by atoms with Crippen molar-refractivity contribution in [3.05, 3.63) is 40.5 Å². The summed E-state index contributed by atoms with van der Waals surface area (Å²) < 4.78 is 0. The number of amides is 1. The first kappa shape index (κ1) is 11.0. The van der Waals surface area contributed by atoms with Crippen LogP contribution >= 0.6 is 0 Å². The zero-order valence-electron chi connectivity index (χ0n) is 8.74. The second kappa shape index (κ2) is 4.43. The van der Waals surface area contributed by atoms with Gasteiger partial charge in [-0.1, -0.05) is 23.8 Å². The Labute approximate surface area is 88.8 Å². The summed E-state index contributed by atoms with van der Waals surface area (Å²) in [6.07, 6.45) is 1.51. The summed E-state index contributed by atoms with van der Waals surface area (Å²) >= 11 is 0. The largest absolute Gasteiger partial charge is 0.365 e. The van der Waals surface area contributed by atoms with Crippen LogP contribution < -0.4 is 5.73 Å². The summed E-state index contributed by atoms with van der Waals surface area (Å²) in [6.45, 7) is 3.91. The van der Waals surface area contributed by atoms with Gasteiger partial charge in [0.05, 0.1) is 0 Å². The second-order valence-electron chi connectivity index (χ2n) is 3.39. The van der Waals surface area contributed by atoms with E-state index in [-0.39, 0.29) is 5.57 Å². The van der Waals surface area contributed by atoms with Gasteiger partial charge in [-0.2, -0.15) is 5.26 Å². The monoisotopic (exact) mass is 200 g/mol. The third kappa shape index (κ3) is 2.68. The van der Waals surface area contributed by atoms with Crippen LogP contribution in [0.3, 0.4) is 0 Å². The molecule has 0 aliphatic rings. The van der Waals surface area contributed by atoms with Gasteiger partial charge in [0.2, 0.25) is 0 Å². The first-order valence-corrected chi connectivity index (χ1v) is 4.53. The fraction of sp³-hybridized carbons (Fsp3) is 0.167. The summed E-state index contributed by atoms with van der Waals surface area (Å²) in [5.74, 6) is -0.697. The van der Waals surface area contributed by atoms with Gasteiger partial charge in [-0.3, -0.25) is 4.79 Å². The molecular weight excluding hydrogens is 188 g/mol. The third-order valence-electron chi connectivity index (χ3n) is 2.11. The quantitative estimate of drug-likeness (QED) is 0.583. The van der Waals surface area contributed by atoms with Crippen LogP contribution in [0.15, 0.2) is 23.8 Å². The Bertz CT molecular complexity index is 467. The van der Waals surface area contributed by atoms with Crippen molar-refractivity contribution < 1.29 is 4.79 Å². The van der Waals surface area contributed by atoms with Crippen LogP contribution in [-0.4, -0.2) is 5.91 Å². The molecule has 1 amide bonds. The third-order valence-corrected chi connectivity index (χ3v) is 2.11. The number of rotatable bonds is 2. The highest BCUT2D eigenvalue weighted by Crippen LogP contribution is 2.13. The van der Waals surface area contributed by atoms with Crippen molar-refractivity contribution in [1.29, 1.82) is 5.26 Å². The Morgan fingerprint density at radius 2 is 2.13 bits per heavy atom. The van der Waals surface area contributed by atoms with Gasteiger partial charge >= 0.3 is 0 Å². The molecule has 0 bridgehead atoms. The summed E-state index contributed by atoms with van der Waals surface area (Å²) in [6, 6.07) is 7.56. The first-order chi connectivity index (χ1) is 7.04. The highest BCUT2D eigenvalue weighted by atomic mass is 16.1. The minimum Gasteiger partial charge on any atom is -0.365 e. The maximum atomic E-state index is 10.8. The molecule has 1 aromatic carbocycles. The standard InChI is InChI=1S/C12H12N2O/c1-8-3-4-10(9(2)5-8)6-11(7-13)12(14)15/h3-6H,1-2H3,(H2,14,15)/b11-6-. The molecule has 1 aromatic rings. The lowest BCUT2D eigenvalue weighted by Crippen LogP contribution is -2.12. The van der Waals surface area contributed by atoms with Crippen molar-refractivity contribution in [1.82, 2.24) is 0 Å². The normalized spacial score (nSPS) is 10.9. The maximum absolute atomic E-state index is 10.8. The molecule has 0 heterocycles. The minimum atomic E-state index is -0.697. The van der Waals surface area contributed by atoms with Crippen LogP contribution in [0.5, 0.6) is 0 Å². The molecule has 0 saturated heterocycles. The lowest BCUT2D eigenvalue weighted by atomic mass is 10.0. The van der Waals surface area contributed by atoms with Gasteiger partial charge < -0.3 is 5.73 Å². The molecule has 0 atom stereocenters. The van der Waals surface area contributed by atoms with Gasteiger partial charge in [-0.25, -0.2) is 0 Å². The van der Waals surface area contributed by atoms with E-state index in [0.717, 1.165) is 16.7 Å². The molecule has 3 heteroatoms. The molecule has 0 aromatic heterocycles. The highest BCUT2D eigenvalue weighted by Gasteiger charge is 2.04. The van der Waals surface area contributed by atoms with Gasteiger partial charge in [-0.05, 0) is 31.1 Å². The summed E-state index contributed by atoms with van der Waals surface area (Å²) in [7, 11) is 0. The first-order valence-electron chi connectivity index (χ1n) is 4.53. The van der Waals surface area contributed by atoms with E-state index in [1.807, 2.05) is 32.0 Å². The van der Waals surface area contributed by atoms with E-state index in [9.17, 15) is 4.79 Å². The molecule has 0 aliphatic heterocycles. The zero-order chi connectivity index (χ0) is 11.4. The fourth-order valence-electron chi connectivity index (χ4n) is 1.30. The van der Waals surface area contributed by atoms with Crippen LogP contribution in [0.2, 0.25) is 0 Å². The number of aryl methyl sites for hydroxylation is 2. The Hall–Kier alpha value is -2.08. The number of nitrogens with two attached hydrogens (primary N) is 1. The van der Waals surface area contributed by atoms with E-state index in [4.69, 9.17) is 11.0 Å². The van der Waals surface area contributed by atoms with Gasteiger partial charge in [0.1, 0.15) is 11.6 Å². The molecule has 3 nitrogen and oxygen atoms in total. The average molecular weight is 200 g/mol. The molecule has 0 aliphatic carbocycles. The van der Waals surface area contributed by atoms with E-state index in [0.29, 0.717) is 0 Å². The second-order valence-corrected chi connectivity index (χ2v) is 3.39. The van der Waals surface area contributed by atoms with Crippen LogP contribution in [0.4, 0.5) is 0 Å². The number of primary amides is 1. The van der Waals surface area contributed by atoms with E-state index in [1.165, 1.54) is 6.08 Å². The minimum absolute atomic E-state index is 0.0260. The fourth-order valence-corrected chi connectivity index (χ4v) is 1.30. The Morgan fingerprint density at radius 1 is 1.47 bits per heavy atom. The number of hydrogen-bond acceptors (Lipinski definition) is 2. The summed E-state index contributed by atoms with van der Waals surface area (Å²) in [4.78, 5) is 10.8. The smallest absolute Gasteiger partial charge is 0.259 e. The number of carbonyl (C=O) groups is 1. The average Bonchev–Trinajstić information content (AvgIpc) is 2.16. The topological polar surface area (TPSA) is 66.9 Å². The van der Waals surface area contributed by atoms with E-state index < -0.39 is 5.91 Å². The van der Waals surface area contributed by atoms with Crippen molar-refractivity contribution in [3.8, 4) is 6.07 Å². The Balaban J connectivity index is 3.19. The van der Waals surface area contributed by atoms with Crippen molar-refractivity contribution >= 4 is 12.0 Å². The highest BCUT2D eigenvalue weighted by molar-refractivity contribution is 6.00. The molecular formula is C12H12N2O. The SMILES string of the molecule is Cc1ccc(/C=C(/C#N)C(N)=O)c(C)c1. The van der Waals surface area contributed by atoms with Gasteiger partial charge in [0, 0.05) is 0 Å². The molecule has 0 spiro atoms. The van der Waals surface area contributed by atoms with Crippen LogP contribution in [-0.2, 0) is 4.79 Å². The number of benzene rings is 1. The van der Waals surface area contributed by atoms with Crippen molar-refractivity contribution in [3.63, 3.8) is 0 Å². The predicted octanol–water partition coefficient (Wildman–Crippen LogP) is 1.70. The molecule has 0 fully saturated rings. The molecule has 0 unspecified atom stereocenters. The summed E-state index contributed by atoms with van der Waals surface area (Å²) in [5.41, 5.74) is 8.02.